The lowest BCUT2D eigenvalue weighted by Crippen LogP contribution is -2.05. The van der Waals surface area contributed by atoms with E-state index in [2.05, 4.69) is 26.2 Å². The molecule has 0 atom stereocenters. The molecule has 1 heterocycles. The van der Waals surface area contributed by atoms with Crippen molar-refractivity contribution in [3.8, 4) is 0 Å². The highest BCUT2D eigenvalue weighted by Gasteiger charge is 2.12. The number of nitrogens with zero attached hydrogens (tertiary/aromatic N) is 1. The van der Waals surface area contributed by atoms with Gasteiger partial charge in [-0.05, 0) is 43.7 Å². The number of anilines is 2. The third-order valence-electron chi connectivity index (χ3n) is 2.73. The minimum absolute atomic E-state index is 0.160. The number of benzene rings is 1. The maximum absolute atomic E-state index is 11.2. The van der Waals surface area contributed by atoms with Crippen molar-refractivity contribution in [2.24, 2.45) is 0 Å². The predicted molar refractivity (Wildman–Crippen MR) is 78.1 cm³/mol. The molecule has 0 spiro atoms. The van der Waals surface area contributed by atoms with Gasteiger partial charge in [0.15, 0.2) is 0 Å². The van der Waals surface area contributed by atoms with E-state index in [1.807, 2.05) is 32.0 Å². The van der Waals surface area contributed by atoms with Gasteiger partial charge in [-0.2, -0.15) is 0 Å². The Hall–Kier alpha value is -1.88. The molecule has 0 amide bonds. The van der Waals surface area contributed by atoms with Gasteiger partial charge >= 0.3 is 5.97 Å². The predicted octanol–water partition coefficient (Wildman–Crippen LogP) is 3.90. The summed E-state index contributed by atoms with van der Waals surface area (Å²) in [4.78, 5) is 15.2. The molecule has 0 aliphatic heterocycles. The van der Waals surface area contributed by atoms with Crippen LogP contribution in [0.3, 0.4) is 0 Å². The number of rotatable bonds is 3. The van der Waals surface area contributed by atoms with E-state index in [1.54, 1.807) is 6.07 Å². The van der Waals surface area contributed by atoms with Crippen molar-refractivity contribution in [2.75, 3.05) is 5.32 Å². The maximum atomic E-state index is 11.2. The zero-order valence-electron chi connectivity index (χ0n) is 10.6. The smallest absolute Gasteiger partial charge is 0.339 e. The Morgan fingerprint density at radius 3 is 2.63 bits per heavy atom. The lowest BCUT2D eigenvalue weighted by Gasteiger charge is -2.12. The first-order valence-corrected chi connectivity index (χ1v) is 6.50. The van der Waals surface area contributed by atoms with E-state index >= 15 is 0 Å². The number of hydrogen-bond acceptors (Lipinski definition) is 3. The van der Waals surface area contributed by atoms with Crippen LogP contribution in [0.1, 0.15) is 21.6 Å². The van der Waals surface area contributed by atoms with Crippen LogP contribution < -0.4 is 5.32 Å². The molecule has 0 unspecified atom stereocenters. The van der Waals surface area contributed by atoms with E-state index in [9.17, 15) is 4.79 Å². The molecule has 0 aliphatic rings. The molecule has 5 heteroatoms. The Morgan fingerprint density at radius 1 is 1.26 bits per heavy atom. The summed E-state index contributed by atoms with van der Waals surface area (Å²) in [5.41, 5.74) is 3.37. The van der Waals surface area contributed by atoms with E-state index < -0.39 is 5.97 Å². The minimum atomic E-state index is -0.996. The Kier molecular flexibility index (Phi) is 3.85. The zero-order valence-corrected chi connectivity index (χ0v) is 12.2. The van der Waals surface area contributed by atoms with Crippen molar-refractivity contribution < 1.29 is 9.90 Å². The fourth-order valence-electron chi connectivity index (χ4n) is 1.75. The molecule has 2 rings (SSSR count). The number of carboxylic acid groups (broad SMARTS) is 1. The van der Waals surface area contributed by atoms with Crippen molar-refractivity contribution in [3.63, 3.8) is 0 Å². The average molecular weight is 321 g/mol. The molecule has 2 N–H and O–H groups in total. The molecule has 2 aromatic rings. The molecule has 4 nitrogen and oxygen atoms in total. The number of halogens is 1. The molecule has 0 radical (unpaired) electrons. The molecule has 0 saturated heterocycles. The Morgan fingerprint density at radius 2 is 2.00 bits per heavy atom. The highest BCUT2D eigenvalue weighted by atomic mass is 79.9. The van der Waals surface area contributed by atoms with Gasteiger partial charge in [-0.1, -0.05) is 15.9 Å². The van der Waals surface area contributed by atoms with E-state index in [1.165, 1.54) is 6.20 Å². The number of pyridine rings is 1. The van der Waals surface area contributed by atoms with E-state index in [4.69, 9.17) is 5.11 Å². The monoisotopic (exact) mass is 320 g/mol. The molecular weight excluding hydrogens is 308 g/mol. The van der Waals surface area contributed by atoms with Gasteiger partial charge in [0.1, 0.15) is 5.56 Å². The summed E-state index contributed by atoms with van der Waals surface area (Å²) in [6.07, 6.45) is 1.37. The lowest BCUT2D eigenvalue weighted by molar-refractivity contribution is 0.0697. The molecule has 0 fully saturated rings. The van der Waals surface area contributed by atoms with Crippen LogP contribution in [0.25, 0.3) is 0 Å². The van der Waals surface area contributed by atoms with Crippen molar-refractivity contribution >= 4 is 33.3 Å². The fraction of sp³-hybridized carbons (Fsp3) is 0.143. The molecular formula is C14H13BrN2O2. The molecule has 0 bridgehead atoms. The normalized spacial score (nSPS) is 10.3. The number of carbonyl (C=O) groups is 1. The first-order chi connectivity index (χ1) is 8.97. The highest BCUT2D eigenvalue weighted by Crippen LogP contribution is 2.26. The van der Waals surface area contributed by atoms with Crippen molar-refractivity contribution in [1.29, 1.82) is 0 Å². The van der Waals surface area contributed by atoms with Gasteiger partial charge in [-0.25, -0.2) is 4.79 Å². The fourth-order valence-corrected chi connectivity index (χ4v) is 2.22. The van der Waals surface area contributed by atoms with Gasteiger partial charge < -0.3 is 10.4 Å². The van der Waals surface area contributed by atoms with Crippen LogP contribution in [-0.4, -0.2) is 16.1 Å². The number of aromatic nitrogens is 1. The summed E-state index contributed by atoms with van der Waals surface area (Å²) in [7, 11) is 0. The summed E-state index contributed by atoms with van der Waals surface area (Å²) in [5, 5.41) is 12.3. The number of aryl methyl sites for hydroxylation is 2. The lowest BCUT2D eigenvalue weighted by atomic mass is 10.1. The SMILES string of the molecule is Cc1cc(Nc2ccc(Br)cc2C)c(C(=O)O)cn1. The number of carboxylic acids is 1. The summed E-state index contributed by atoms with van der Waals surface area (Å²) in [5.74, 6) is -0.996. The number of nitrogens with one attached hydrogen (secondary N) is 1. The first-order valence-electron chi connectivity index (χ1n) is 5.70. The summed E-state index contributed by atoms with van der Waals surface area (Å²) < 4.78 is 0.986. The van der Waals surface area contributed by atoms with Crippen LogP contribution in [0.15, 0.2) is 34.9 Å². The molecule has 1 aromatic carbocycles. The van der Waals surface area contributed by atoms with Gasteiger partial charge in [0.25, 0.3) is 0 Å². The van der Waals surface area contributed by atoms with Crippen LogP contribution in [-0.2, 0) is 0 Å². The summed E-state index contributed by atoms with van der Waals surface area (Å²) >= 11 is 3.40. The molecule has 19 heavy (non-hydrogen) atoms. The van der Waals surface area contributed by atoms with Gasteiger partial charge in [-0.3, -0.25) is 4.98 Å². The van der Waals surface area contributed by atoms with Gasteiger partial charge in [0, 0.05) is 22.1 Å². The third-order valence-corrected chi connectivity index (χ3v) is 3.22. The van der Waals surface area contributed by atoms with Crippen molar-refractivity contribution in [3.05, 3.63) is 51.8 Å². The maximum Gasteiger partial charge on any atom is 0.339 e. The topological polar surface area (TPSA) is 62.2 Å². The number of aromatic carboxylic acids is 1. The average Bonchev–Trinajstić information content (AvgIpc) is 2.32. The number of hydrogen-bond donors (Lipinski definition) is 2. The van der Waals surface area contributed by atoms with Crippen LogP contribution in [0, 0.1) is 13.8 Å². The van der Waals surface area contributed by atoms with E-state index in [0.717, 1.165) is 21.4 Å². The van der Waals surface area contributed by atoms with Crippen LogP contribution in [0.5, 0.6) is 0 Å². The van der Waals surface area contributed by atoms with E-state index in [0.29, 0.717) is 5.69 Å². The molecule has 0 aliphatic carbocycles. The zero-order chi connectivity index (χ0) is 14.0. The second-order valence-electron chi connectivity index (χ2n) is 4.26. The highest BCUT2D eigenvalue weighted by molar-refractivity contribution is 9.10. The van der Waals surface area contributed by atoms with E-state index in [-0.39, 0.29) is 5.56 Å². The molecule has 98 valence electrons. The Balaban J connectivity index is 2.42. The second kappa shape index (κ2) is 5.40. The first kappa shape index (κ1) is 13.5. The second-order valence-corrected chi connectivity index (χ2v) is 5.18. The molecule has 1 aromatic heterocycles. The minimum Gasteiger partial charge on any atom is -0.478 e. The standard InChI is InChI=1S/C14H13BrN2O2/c1-8-5-10(15)3-4-12(8)17-13-6-9(2)16-7-11(13)14(18)19/h3-7H,1-2H3,(H,16,17)(H,18,19). The van der Waals surface area contributed by atoms with Gasteiger partial charge in [-0.15, -0.1) is 0 Å². The van der Waals surface area contributed by atoms with Crippen molar-refractivity contribution in [2.45, 2.75) is 13.8 Å². The van der Waals surface area contributed by atoms with Crippen LogP contribution in [0.2, 0.25) is 0 Å². The van der Waals surface area contributed by atoms with Crippen LogP contribution in [0.4, 0.5) is 11.4 Å². The molecule has 0 saturated carbocycles. The summed E-state index contributed by atoms with van der Waals surface area (Å²) in [6, 6.07) is 7.51. The Labute approximate surface area is 119 Å². The Bertz CT molecular complexity index is 641. The van der Waals surface area contributed by atoms with Crippen molar-refractivity contribution in [1.82, 2.24) is 4.98 Å². The largest absolute Gasteiger partial charge is 0.478 e. The third kappa shape index (κ3) is 3.12. The summed E-state index contributed by atoms with van der Waals surface area (Å²) in [6.45, 7) is 3.78. The van der Waals surface area contributed by atoms with Gasteiger partial charge in [0.2, 0.25) is 0 Å². The quantitative estimate of drug-likeness (QED) is 0.900. The van der Waals surface area contributed by atoms with Gasteiger partial charge in [0.05, 0.1) is 5.69 Å². The van der Waals surface area contributed by atoms with Crippen LogP contribution >= 0.6 is 15.9 Å².